The van der Waals surface area contributed by atoms with Gasteiger partial charge in [-0.05, 0) is 30.8 Å². The number of benzene rings is 2. The molecule has 0 saturated carbocycles. The Morgan fingerprint density at radius 1 is 1.12 bits per heavy atom. The van der Waals surface area contributed by atoms with E-state index in [1.54, 1.807) is 0 Å². The Hall–Kier alpha value is -1.85. The molecule has 0 aromatic heterocycles. The number of piperidine rings is 1. The molecule has 134 valence electrons. The fourth-order valence-electron chi connectivity index (χ4n) is 4.37. The first-order valence-corrected chi connectivity index (χ1v) is 10.0. The molecule has 26 heavy (non-hydrogen) atoms. The first-order chi connectivity index (χ1) is 12.6. The summed E-state index contributed by atoms with van der Waals surface area (Å²) < 4.78 is 7.70. The number of halogens is 1. The maximum absolute atomic E-state index is 6.61. The first kappa shape index (κ1) is 16.3. The quantitative estimate of drug-likeness (QED) is 0.695. The molecule has 1 fully saturated rings. The second-order valence-corrected chi connectivity index (χ2v) is 8.43. The molecule has 3 heterocycles. The third-order valence-electron chi connectivity index (χ3n) is 5.83. The minimum absolute atomic E-state index is 0.261. The molecule has 5 heteroatoms. The van der Waals surface area contributed by atoms with Gasteiger partial charge >= 0.3 is 0 Å². The van der Waals surface area contributed by atoms with Crippen LogP contribution in [0, 0.1) is 0 Å². The minimum atomic E-state index is -0.320. The molecule has 1 spiro atoms. The fraction of sp³-hybridized carbons (Fsp3) is 0.381. The summed E-state index contributed by atoms with van der Waals surface area (Å²) in [6.07, 6.45) is 2.88. The van der Waals surface area contributed by atoms with E-state index >= 15 is 0 Å². The summed E-state index contributed by atoms with van der Waals surface area (Å²) in [5, 5.41) is 7.38. The topological polar surface area (TPSA) is 28.1 Å². The predicted molar refractivity (Wildman–Crippen MR) is 106 cm³/mol. The van der Waals surface area contributed by atoms with Gasteiger partial charge in [0.1, 0.15) is 5.75 Å². The summed E-state index contributed by atoms with van der Waals surface area (Å²) in [6.45, 7) is 2.07. The Labute approximate surface area is 162 Å². The fourth-order valence-corrected chi connectivity index (χ4v) is 4.77. The summed E-state index contributed by atoms with van der Waals surface area (Å²) in [5.74, 6) is 1.03. The summed E-state index contributed by atoms with van der Waals surface area (Å²) in [7, 11) is 2.18. The van der Waals surface area contributed by atoms with Crippen molar-refractivity contribution >= 4 is 21.6 Å². The van der Waals surface area contributed by atoms with Crippen molar-refractivity contribution in [3.63, 3.8) is 0 Å². The van der Waals surface area contributed by atoms with Gasteiger partial charge in [0.15, 0.2) is 0 Å². The van der Waals surface area contributed by atoms with Gasteiger partial charge in [-0.2, -0.15) is 5.10 Å². The Morgan fingerprint density at radius 2 is 1.92 bits per heavy atom. The number of hydrogen-bond acceptors (Lipinski definition) is 4. The highest BCUT2D eigenvalue weighted by molar-refractivity contribution is 9.10. The summed E-state index contributed by atoms with van der Waals surface area (Å²) in [6, 6.07) is 17.2. The third kappa shape index (κ3) is 2.57. The third-order valence-corrected chi connectivity index (χ3v) is 6.33. The number of hydrogen-bond donors (Lipinski definition) is 0. The van der Waals surface area contributed by atoms with Crippen molar-refractivity contribution in [2.24, 2.45) is 5.10 Å². The first-order valence-electron chi connectivity index (χ1n) is 9.24. The molecule has 2 aromatic rings. The highest BCUT2D eigenvalue weighted by Crippen LogP contribution is 2.49. The molecule has 1 saturated heterocycles. The van der Waals surface area contributed by atoms with Gasteiger partial charge in [-0.1, -0.05) is 46.3 Å². The molecule has 3 aliphatic rings. The van der Waals surface area contributed by atoms with E-state index in [4.69, 9.17) is 9.84 Å². The molecule has 0 amide bonds. The van der Waals surface area contributed by atoms with Crippen molar-refractivity contribution in [3.8, 4) is 5.75 Å². The van der Waals surface area contributed by atoms with Gasteiger partial charge in [-0.25, -0.2) is 5.01 Å². The number of hydrazone groups is 1. The highest BCUT2D eigenvalue weighted by Gasteiger charge is 2.51. The molecular formula is C21H22BrN3O. The second kappa shape index (κ2) is 6.10. The van der Waals surface area contributed by atoms with E-state index in [9.17, 15) is 0 Å². The summed E-state index contributed by atoms with van der Waals surface area (Å²) in [5.41, 5.74) is 3.27. The Morgan fingerprint density at radius 3 is 2.73 bits per heavy atom. The second-order valence-electron chi connectivity index (χ2n) is 7.51. The highest BCUT2D eigenvalue weighted by atomic mass is 79.9. The van der Waals surface area contributed by atoms with E-state index in [0.717, 1.165) is 48.3 Å². The molecule has 0 bridgehead atoms. The molecule has 0 aliphatic carbocycles. The van der Waals surface area contributed by atoms with Gasteiger partial charge in [0.05, 0.1) is 11.8 Å². The van der Waals surface area contributed by atoms with Crippen LogP contribution in [0.25, 0.3) is 0 Å². The van der Waals surface area contributed by atoms with Crippen LogP contribution in [0.5, 0.6) is 5.75 Å². The maximum atomic E-state index is 6.61. The van der Waals surface area contributed by atoms with Gasteiger partial charge < -0.3 is 9.64 Å². The molecular weight excluding hydrogens is 390 g/mol. The number of nitrogens with zero attached hydrogens (tertiary/aromatic N) is 3. The zero-order valence-corrected chi connectivity index (χ0v) is 16.4. The van der Waals surface area contributed by atoms with Crippen LogP contribution in [0.4, 0.5) is 0 Å². The van der Waals surface area contributed by atoms with Crippen LogP contribution >= 0.6 is 15.9 Å². The SMILES string of the molecule is CN1CCC2(CC1)Oc1ccccc1C1CC(c3cccc(Br)c3)=NN12. The molecule has 4 nitrogen and oxygen atoms in total. The van der Waals surface area contributed by atoms with Crippen LogP contribution in [0.3, 0.4) is 0 Å². The zero-order chi connectivity index (χ0) is 17.7. The van der Waals surface area contributed by atoms with Crippen molar-refractivity contribution in [3.05, 3.63) is 64.1 Å². The average Bonchev–Trinajstić information content (AvgIpc) is 3.11. The van der Waals surface area contributed by atoms with Crippen LogP contribution in [0.2, 0.25) is 0 Å². The predicted octanol–water partition coefficient (Wildman–Crippen LogP) is 4.41. The van der Waals surface area contributed by atoms with E-state index in [2.05, 4.69) is 81.4 Å². The van der Waals surface area contributed by atoms with Crippen LogP contribution < -0.4 is 4.74 Å². The lowest BCUT2D eigenvalue weighted by atomic mass is 9.91. The Kier molecular flexibility index (Phi) is 3.83. The number of fused-ring (bicyclic) bond motifs is 4. The van der Waals surface area contributed by atoms with E-state index < -0.39 is 0 Å². The van der Waals surface area contributed by atoms with Gasteiger partial charge in [0, 0.05) is 42.4 Å². The van der Waals surface area contributed by atoms with Crippen molar-refractivity contribution in [2.45, 2.75) is 31.0 Å². The van der Waals surface area contributed by atoms with Gasteiger partial charge in [0.25, 0.3) is 0 Å². The van der Waals surface area contributed by atoms with Gasteiger partial charge in [0.2, 0.25) is 5.72 Å². The zero-order valence-electron chi connectivity index (χ0n) is 14.9. The normalized spacial score (nSPS) is 24.0. The van der Waals surface area contributed by atoms with Crippen molar-refractivity contribution in [1.29, 1.82) is 0 Å². The lowest BCUT2D eigenvalue weighted by Gasteiger charge is -2.50. The number of rotatable bonds is 1. The van der Waals surface area contributed by atoms with Crippen LogP contribution in [-0.4, -0.2) is 41.5 Å². The van der Waals surface area contributed by atoms with E-state index in [0.29, 0.717) is 0 Å². The van der Waals surface area contributed by atoms with Crippen molar-refractivity contribution in [2.75, 3.05) is 20.1 Å². The molecule has 1 atom stereocenters. The summed E-state index contributed by atoms with van der Waals surface area (Å²) in [4.78, 5) is 2.37. The molecule has 3 aliphatic heterocycles. The standard InChI is InChI=1S/C21H22BrN3O/c1-24-11-9-21(10-12-24)25-19(17-7-2-3-8-20(17)26-21)14-18(23-25)15-5-4-6-16(22)13-15/h2-8,13,19H,9-12,14H2,1H3. The molecule has 0 radical (unpaired) electrons. The van der Waals surface area contributed by atoms with Crippen LogP contribution in [-0.2, 0) is 0 Å². The number of ether oxygens (including phenoxy) is 1. The molecule has 2 aromatic carbocycles. The molecule has 1 unspecified atom stereocenters. The van der Waals surface area contributed by atoms with Crippen LogP contribution in [0.15, 0.2) is 58.1 Å². The van der Waals surface area contributed by atoms with Crippen LogP contribution in [0.1, 0.15) is 36.4 Å². The van der Waals surface area contributed by atoms with Gasteiger partial charge in [-0.15, -0.1) is 0 Å². The maximum Gasteiger partial charge on any atom is 0.200 e. The molecule has 5 rings (SSSR count). The molecule has 0 N–H and O–H groups in total. The Balaban J connectivity index is 1.58. The minimum Gasteiger partial charge on any atom is -0.466 e. The number of likely N-dealkylation sites (tertiary alicyclic amines) is 1. The van der Waals surface area contributed by atoms with Crippen molar-refractivity contribution < 1.29 is 4.74 Å². The van der Waals surface area contributed by atoms with Gasteiger partial charge in [-0.3, -0.25) is 0 Å². The van der Waals surface area contributed by atoms with E-state index in [-0.39, 0.29) is 11.8 Å². The van der Waals surface area contributed by atoms with E-state index in [1.165, 1.54) is 11.1 Å². The van der Waals surface area contributed by atoms with E-state index in [1.807, 2.05) is 0 Å². The smallest absolute Gasteiger partial charge is 0.200 e. The Bertz CT molecular complexity index is 873. The van der Waals surface area contributed by atoms with Crippen molar-refractivity contribution in [1.82, 2.24) is 9.91 Å². The largest absolute Gasteiger partial charge is 0.466 e. The lowest BCUT2D eigenvalue weighted by molar-refractivity contribution is -0.147. The average molecular weight is 412 g/mol. The lowest BCUT2D eigenvalue weighted by Crippen LogP contribution is -2.58. The number of para-hydroxylation sites is 1. The summed E-state index contributed by atoms with van der Waals surface area (Å²) >= 11 is 3.59. The monoisotopic (exact) mass is 411 g/mol.